The Labute approximate surface area is 158 Å². The summed E-state index contributed by atoms with van der Waals surface area (Å²) in [4.78, 5) is 34.7. The van der Waals surface area contributed by atoms with Gasteiger partial charge < -0.3 is 19.9 Å². The highest BCUT2D eigenvalue weighted by Crippen LogP contribution is 2.23. The number of nitrogens with one attached hydrogen (secondary N) is 1. The van der Waals surface area contributed by atoms with Crippen LogP contribution in [0.5, 0.6) is 5.75 Å². The maximum Gasteiger partial charge on any atom is 0.340 e. The van der Waals surface area contributed by atoms with Crippen molar-refractivity contribution >= 4 is 23.1 Å². The topological polar surface area (TPSA) is 128 Å². The van der Waals surface area contributed by atoms with Gasteiger partial charge in [-0.25, -0.2) is 9.18 Å². The number of Topliss-reactive ketones (excluding diaryl/α,β-unsaturated/α-hetero) is 1. The minimum absolute atomic E-state index is 0.0243. The first-order valence-corrected chi connectivity index (χ1v) is 8.04. The second-order valence-electron chi connectivity index (χ2n) is 5.49. The minimum Gasteiger partial charge on any atom is -0.494 e. The highest BCUT2D eigenvalue weighted by atomic mass is 19.1. The van der Waals surface area contributed by atoms with Gasteiger partial charge in [0.2, 0.25) is 0 Å². The number of esters is 1. The summed E-state index contributed by atoms with van der Waals surface area (Å²) in [6.07, 6.45) is 0. The van der Waals surface area contributed by atoms with E-state index in [4.69, 9.17) is 14.6 Å². The summed E-state index contributed by atoms with van der Waals surface area (Å²) in [7, 11) is 1.28. The van der Waals surface area contributed by atoms with Crippen molar-refractivity contribution < 1.29 is 33.5 Å². The standard InChI is InChI=1S/C18H17FN2O7/c1-27-17-5-2-11(8-14(17)19)16(23)10-28-18(24)13-9-12(21(25)26)3-4-15(13)20-6-7-22/h2-5,8-9,20,22H,6-7,10H2,1H3. The fourth-order valence-corrected chi connectivity index (χ4v) is 2.29. The molecular weight excluding hydrogens is 375 g/mol. The summed E-state index contributed by atoms with van der Waals surface area (Å²) in [5, 5.41) is 22.5. The lowest BCUT2D eigenvalue weighted by Crippen LogP contribution is -2.17. The summed E-state index contributed by atoms with van der Waals surface area (Å²) in [6, 6.07) is 7.02. The van der Waals surface area contributed by atoms with Gasteiger partial charge in [-0.05, 0) is 24.3 Å². The van der Waals surface area contributed by atoms with E-state index in [1.54, 1.807) is 0 Å². The van der Waals surface area contributed by atoms with Crippen LogP contribution in [0.2, 0.25) is 0 Å². The number of nitro benzene ring substituents is 1. The van der Waals surface area contributed by atoms with E-state index in [-0.39, 0.29) is 41.4 Å². The average molecular weight is 392 g/mol. The minimum atomic E-state index is -0.980. The van der Waals surface area contributed by atoms with Gasteiger partial charge >= 0.3 is 5.97 Å². The Morgan fingerprint density at radius 3 is 2.61 bits per heavy atom. The number of rotatable bonds is 9. The quantitative estimate of drug-likeness (QED) is 0.288. The molecule has 0 radical (unpaired) electrons. The molecule has 0 saturated heterocycles. The van der Waals surface area contributed by atoms with Gasteiger partial charge in [-0.3, -0.25) is 14.9 Å². The van der Waals surface area contributed by atoms with Crippen molar-refractivity contribution in [3.8, 4) is 5.75 Å². The maximum atomic E-state index is 13.7. The number of nitro groups is 1. The molecule has 2 rings (SSSR count). The number of methoxy groups -OCH3 is 1. The van der Waals surface area contributed by atoms with E-state index in [1.807, 2.05) is 0 Å². The maximum absolute atomic E-state index is 13.7. The van der Waals surface area contributed by atoms with Crippen LogP contribution in [0.3, 0.4) is 0 Å². The molecule has 0 aliphatic heterocycles. The van der Waals surface area contributed by atoms with Crippen LogP contribution in [-0.4, -0.2) is 48.7 Å². The van der Waals surface area contributed by atoms with Gasteiger partial charge in [0.05, 0.1) is 24.2 Å². The smallest absolute Gasteiger partial charge is 0.340 e. The number of carbonyl (C=O) groups excluding carboxylic acids is 2. The highest BCUT2D eigenvalue weighted by molar-refractivity contribution is 6.01. The SMILES string of the molecule is COc1ccc(C(=O)COC(=O)c2cc([N+](=O)[O-])ccc2NCCO)cc1F. The molecule has 0 aliphatic carbocycles. The summed E-state index contributed by atoms with van der Waals surface area (Å²) in [5.74, 6) is -2.42. The molecule has 0 bridgehead atoms. The van der Waals surface area contributed by atoms with E-state index in [0.29, 0.717) is 0 Å². The zero-order valence-electron chi connectivity index (χ0n) is 14.8. The molecule has 9 nitrogen and oxygen atoms in total. The molecule has 0 fully saturated rings. The van der Waals surface area contributed by atoms with Gasteiger partial charge in [0, 0.05) is 29.9 Å². The molecule has 0 saturated carbocycles. The first-order chi connectivity index (χ1) is 13.4. The first-order valence-electron chi connectivity index (χ1n) is 8.04. The van der Waals surface area contributed by atoms with Crippen molar-refractivity contribution in [3.05, 3.63) is 63.5 Å². The highest BCUT2D eigenvalue weighted by Gasteiger charge is 2.20. The molecular formula is C18H17FN2O7. The molecule has 2 N–H and O–H groups in total. The molecule has 0 aromatic heterocycles. The van der Waals surface area contributed by atoms with Gasteiger partial charge in [0.1, 0.15) is 0 Å². The molecule has 0 unspecified atom stereocenters. The third kappa shape index (κ3) is 5.01. The van der Waals surface area contributed by atoms with Gasteiger partial charge in [-0.2, -0.15) is 0 Å². The number of carbonyl (C=O) groups is 2. The molecule has 0 aliphatic rings. The van der Waals surface area contributed by atoms with Gasteiger partial charge in [-0.1, -0.05) is 0 Å². The molecule has 2 aromatic carbocycles. The van der Waals surface area contributed by atoms with Crippen LogP contribution in [0, 0.1) is 15.9 Å². The first kappa shape index (κ1) is 20.8. The number of non-ortho nitro benzene ring substituents is 1. The average Bonchev–Trinajstić information content (AvgIpc) is 2.69. The third-order valence-electron chi connectivity index (χ3n) is 3.67. The van der Waals surface area contributed by atoms with Crippen molar-refractivity contribution in [3.63, 3.8) is 0 Å². The second kappa shape index (κ2) is 9.42. The molecule has 10 heteroatoms. The Morgan fingerprint density at radius 1 is 1.25 bits per heavy atom. The number of aliphatic hydroxyl groups excluding tert-OH is 1. The molecule has 0 atom stereocenters. The second-order valence-corrected chi connectivity index (χ2v) is 5.49. The van der Waals surface area contributed by atoms with Crippen molar-refractivity contribution in [2.24, 2.45) is 0 Å². The van der Waals surface area contributed by atoms with Crippen LogP contribution in [0.15, 0.2) is 36.4 Å². The van der Waals surface area contributed by atoms with Gasteiger partial charge in [-0.15, -0.1) is 0 Å². The van der Waals surface area contributed by atoms with Crippen molar-refractivity contribution in [1.29, 1.82) is 0 Å². The number of ether oxygens (including phenoxy) is 2. The Morgan fingerprint density at radius 2 is 2.00 bits per heavy atom. The zero-order chi connectivity index (χ0) is 20.7. The predicted octanol–water partition coefficient (Wildman–Crippen LogP) is 2.19. The van der Waals surface area contributed by atoms with E-state index in [0.717, 1.165) is 12.1 Å². The largest absolute Gasteiger partial charge is 0.494 e. The van der Waals surface area contributed by atoms with Crippen LogP contribution in [0.4, 0.5) is 15.8 Å². The Bertz CT molecular complexity index is 901. The normalized spacial score (nSPS) is 10.2. The molecule has 148 valence electrons. The summed E-state index contributed by atoms with van der Waals surface area (Å²) in [6.45, 7) is -0.818. The lowest BCUT2D eigenvalue weighted by molar-refractivity contribution is -0.384. The number of anilines is 1. The van der Waals surface area contributed by atoms with Crippen LogP contribution in [0.1, 0.15) is 20.7 Å². The van der Waals surface area contributed by atoms with E-state index < -0.39 is 29.1 Å². The van der Waals surface area contributed by atoms with Crippen LogP contribution in [-0.2, 0) is 4.74 Å². The number of hydrogen-bond acceptors (Lipinski definition) is 8. The van der Waals surface area contributed by atoms with Gasteiger partial charge in [0.15, 0.2) is 24.0 Å². The molecule has 0 spiro atoms. The van der Waals surface area contributed by atoms with Crippen molar-refractivity contribution in [2.75, 3.05) is 32.2 Å². The number of halogens is 1. The Hall–Kier alpha value is -3.53. The number of benzene rings is 2. The summed E-state index contributed by atoms with van der Waals surface area (Å²) >= 11 is 0. The molecule has 0 amide bonds. The Kier molecular flexibility index (Phi) is 6.99. The predicted molar refractivity (Wildman–Crippen MR) is 96.2 cm³/mol. The Balaban J connectivity index is 2.15. The number of nitrogens with zero attached hydrogens (tertiary/aromatic N) is 1. The summed E-state index contributed by atoms with van der Waals surface area (Å²) < 4.78 is 23.4. The van der Waals surface area contributed by atoms with E-state index >= 15 is 0 Å². The molecule has 28 heavy (non-hydrogen) atoms. The van der Waals surface area contributed by atoms with Crippen molar-refractivity contribution in [2.45, 2.75) is 0 Å². The van der Waals surface area contributed by atoms with E-state index in [1.165, 1.54) is 31.4 Å². The van der Waals surface area contributed by atoms with Crippen LogP contribution >= 0.6 is 0 Å². The lowest BCUT2D eigenvalue weighted by Gasteiger charge is -2.11. The lowest BCUT2D eigenvalue weighted by atomic mass is 10.1. The van der Waals surface area contributed by atoms with E-state index in [2.05, 4.69) is 5.32 Å². The van der Waals surface area contributed by atoms with Gasteiger partial charge in [0.25, 0.3) is 5.69 Å². The fourth-order valence-electron chi connectivity index (χ4n) is 2.29. The third-order valence-corrected chi connectivity index (χ3v) is 3.67. The monoisotopic (exact) mass is 392 g/mol. The number of aliphatic hydroxyl groups is 1. The van der Waals surface area contributed by atoms with Crippen molar-refractivity contribution in [1.82, 2.24) is 0 Å². The van der Waals surface area contributed by atoms with Crippen LogP contribution < -0.4 is 10.1 Å². The molecule has 2 aromatic rings. The van der Waals surface area contributed by atoms with E-state index in [9.17, 15) is 24.1 Å². The number of hydrogen-bond donors (Lipinski definition) is 2. The summed E-state index contributed by atoms with van der Waals surface area (Å²) in [5.41, 5.74) is -0.335. The zero-order valence-corrected chi connectivity index (χ0v) is 14.8. The number of ketones is 1. The van der Waals surface area contributed by atoms with Crippen LogP contribution in [0.25, 0.3) is 0 Å². The fraction of sp³-hybridized carbons (Fsp3) is 0.222. The molecule has 0 heterocycles.